The van der Waals surface area contributed by atoms with Crippen molar-refractivity contribution in [1.82, 2.24) is 4.72 Å². The highest BCUT2D eigenvalue weighted by Crippen LogP contribution is 2.28. The Bertz CT molecular complexity index is 664. The van der Waals surface area contributed by atoms with Crippen molar-refractivity contribution in [3.8, 4) is 6.07 Å². The van der Waals surface area contributed by atoms with E-state index in [0.29, 0.717) is 11.3 Å². The summed E-state index contributed by atoms with van der Waals surface area (Å²) in [6.07, 6.45) is 0. The molecule has 120 valence electrons. The smallest absolute Gasteiger partial charge is 0.242 e. The molecule has 0 bridgehead atoms. The molecule has 0 saturated carbocycles. The molecule has 1 heterocycles. The van der Waals surface area contributed by atoms with Gasteiger partial charge in [0.05, 0.1) is 23.9 Å². The summed E-state index contributed by atoms with van der Waals surface area (Å²) in [5, 5.41) is 18.1. The second-order valence-corrected chi connectivity index (χ2v) is 8.01. The minimum atomic E-state index is -3.74. The van der Waals surface area contributed by atoms with E-state index in [1.807, 2.05) is 22.7 Å². The Hall–Kier alpha value is -1.27. The van der Waals surface area contributed by atoms with Crippen molar-refractivity contribution < 1.29 is 13.5 Å². The third-order valence-corrected chi connectivity index (χ3v) is 5.94. The predicted octanol–water partition coefficient (Wildman–Crippen LogP) is 0.771. The Kier molecular flexibility index (Phi) is 5.69. The zero-order valence-electron chi connectivity index (χ0n) is 12.3. The number of nitrogens with zero attached hydrogens (tertiary/aromatic N) is 2. The minimum absolute atomic E-state index is 0.152. The Morgan fingerprint density at radius 1 is 1.45 bits per heavy atom. The van der Waals surface area contributed by atoms with E-state index < -0.39 is 16.1 Å². The summed E-state index contributed by atoms with van der Waals surface area (Å²) in [4.78, 5) is 2.15. The maximum atomic E-state index is 12.5. The van der Waals surface area contributed by atoms with Crippen LogP contribution in [0.5, 0.6) is 0 Å². The van der Waals surface area contributed by atoms with Gasteiger partial charge in [-0.3, -0.25) is 0 Å². The van der Waals surface area contributed by atoms with E-state index >= 15 is 0 Å². The van der Waals surface area contributed by atoms with Crippen LogP contribution in [0.15, 0.2) is 23.1 Å². The van der Waals surface area contributed by atoms with Crippen LogP contribution in [0.1, 0.15) is 12.5 Å². The van der Waals surface area contributed by atoms with Gasteiger partial charge < -0.3 is 10.0 Å². The Labute approximate surface area is 135 Å². The third kappa shape index (κ3) is 3.93. The summed E-state index contributed by atoms with van der Waals surface area (Å²) >= 11 is 1.83. The van der Waals surface area contributed by atoms with Gasteiger partial charge in [0.15, 0.2) is 0 Å². The van der Waals surface area contributed by atoms with Crippen LogP contribution < -0.4 is 9.62 Å². The van der Waals surface area contributed by atoms with Crippen LogP contribution in [0.4, 0.5) is 5.69 Å². The van der Waals surface area contributed by atoms with E-state index in [1.165, 1.54) is 12.1 Å². The molecule has 1 saturated heterocycles. The lowest BCUT2D eigenvalue weighted by molar-refractivity contribution is 0.265. The van der Waals surface area contributed by atoms with Gasteiger partial charge in [-0.2, -0.15) is 17.0 Å². The molecule has 0 amide bonds. The van der Waals surface area contributed by atoms with Gasteiger partial charge >= 0.3 is 0 Å². The van der Waals surface area contributed by atoms with Crippen molar-refractivity contribution in [3.63, 3.8) is 0 Å². The van der Waals surface area contributed by atoms with Crippen LogP contribution in [0.25, 0.3) is 0 Å². The molecule has 6 nitrogen and oxygen atoms in total. The average Bonchev–Trinajstić information content (AvgIpc) is 2.54. The highest BCUT2D eigenvalue weighted by molar-refractivity contribution is 7.99. The number of nitriles is 1. The van der Waals surface area contributed by atoms with Gasteiger partial charge in [-0.15, -0.1) is 0 Å². The monoisotopic (exact) mass is 341 g/mol. The van der Waals surface area contributed by atoms with Gasteiger partial charge in [0.2, 0.25) is 10.0 Å². The number of benzene rings is 1. The summed E-state index contributed by atoms with van der Waals surface area (Å²) in [6, 6.07) is 6.07. The highest BCUT2D eigenvalue weighted by Gasteiger charge is 2.25. The fourth-order valence-corrected chi connectivity index (χ4v) is 4.58. The average molecular weight is 341 g/mol. The molecular formula is C14H19N3O3S2. The topological polar surface area (TPSA) is 93.4 Å². The largest absolute Gasteiger partial charge is 0.395 e. The quantitative estimate of drug-likeness (QED) is 0.822. The zero-order chi connectivity index (χ0) is 16.2. The van der Waals surface area contributed by atoms with Crippen LogP contribution in [0.2, 0.25) is 0 Å². The molecule has 1 atom stereocenters. The molecule has 0 aliphatic carbocycles. The van der Waals surface area contributed by atoms with Crippen LogP contribution >= 0.6 is 11.8 Å². The second-order valence-electron chi connectivity index (χ2n) is 5.10. The molecule has 0 radical (unpaired) electrons. The van der Waals surface area contributed by atoms with E-state index in [2.05, 4.69) is 4.72 Å². The van der Waals surface area contributed by atoms with Gasteiger partial charge in [0.25, 0.3) is 0 Å². The maximum absolute atomic E-state index is 12.5. The highest BCUT2D eigenvalue weighted by atomic mass is 32.2. The number of sulfonamides is 1. The maximum Gasteiger partial charge on any atom is 0.242 e. The number of hydrogen-bond acceptors (Lipinski definition) is 6. The van der Waals surface area contributed by atoms with Crippen LogP contribution in [-0.4, -0.2) is 50.8 Å². The summed E-state index contributed by atoms with van der Waals surface area (Å²) in [5.74, 6) is 1.85. The van der Waals surface area contributed by atoms with Gasteiger partial charge in [-0.1, -0.05) is 0 Å². The second kappa shape index (κ2) is 7.33. The van der Waals surface area contributed by atoms with Crippen molar-refractivity contribution in [2.24, 2.45) is 0 Å². The molecule has 22 heavy (non-hydrogen) atoms. The molecule has 2 N–H and O–H groups in total. The molecule has 2 rings (SSSR count). The number of hydrogen-bond donors (Lipinski definition) is 2. The minimum Gasteiger partial charge on any atom is -0.395 e. The van der Waals surface area contributed by atoms with E-state index in [1.54, 1.807) is 13.0 Å². The first kappa shape index (κ1) is 17.1. The summed E-state index contributed by atoms with van der Waals surface area (Å²) in [7, 11) is -3.74. The summed E-state index contributed by atoms with van der Waals surface area (Å²) < 4.78 is 27.5. The molecule has 0 aromatic heterocycles. The van der Waals surface area contributed by atoms with E-state index in [-0.39, 0.29) is 11.5 Å². The van der Waals surface area contributed by atoms with E-state index in [9.17, 15) is 8.42 Å². The van der Waals surface area contributed by atoms with Gasteiger partial charge in [-0.05, 0) is 25.1 Å². The van der Waals surface area contributed by atoms with Crippen LogP contribution in [0, 0.1) is 11.3 Å². The van der Waals surface area contributed by atoms with Crippen molar-refractivity contribution in [1.29, 1.82) is 5.26 Å². The molecule has 1 aromatic rings. The number of aliphatic hydroxyl groups excluding tert-OH is 1. The zero-order valence-corrected chi connectivity index (χ0v) is 14.0. The van der Waals surface area contributed by atoms with Crippen molar-refractivity contribution in [3.05, 3.63) is 23.8 Å². The predicted molar refractivity (Wildman–Crippen MR) is 87.6 cm³/mol. The fourth-order valence-electron chi connectivity index (χ4n) is 2.23. The first-order valence-corrected chi connectivity index (χ1v) is 9.62. The molecule has 1 aromatic carbocycles. The fraction of sp³-hybridized carbons (Fsp3) is 0.500. The van der Waals surface area contributed by atoms with Crippen molar-refractivity contribution in [2.75, 3.05) is 36.1 Å². The van der Waals surface area contributed by atoms with Crippen LogP contribution in [0.3, 0.4) is 0 Å². The van der Waals surface area contributed by atoms with Gasteiger partial charge in [-0.25, -0.2) is 13.1 Å². The summed E-state index contributed by atoms with van der Waals surface area (Å²) in [5.41, 5.74) is 0.986. The van der Waals surface area contributed by atoms with Crippen molar-refractivity contribution in [2.45, 2.75) is 17.9 Å². The Morgan fingerprint density at radius 3 is 2.73 bits per heavy atom. The lowest BCUT2D eigenvalue weighted by Gasteiger charge is -2.30. The normalized spacial score (nSPS) is 17.0. The standard InChI is InChI=1S/C14H19N3O3S2/c1-11(10-18)16-22(19,20)14-3-2-12(9-15)8-13(14)17-4-6-21-7-5-17/h2-3,8,11,16,18H,4-7,10H2,1H3/t11-/m0/s1. The lowest BCUT2D eigenvalue weighted by atomic mass is 10.2. The van der Waals surface area contributed by atoms with Crippen LogP contribution in [-0.2, 0) is 10.0 Å². The van der Waals surface area contributed by atoms with E-state index in [0.717, 1.165) is 24.6 Å². The van der Waals surface area contributed by atoms with Gasteiger partial charge in [0.1, 0.15) is 4.90 Å². The molecule has 8 heteroatoms. The molecular weight excluding hydrogens is 322 g/mol. The number of nitrogens with one attached hydrogen (secondary N) is 1. The van der Waals surface area contributed by atoms with Crippen molar-refractivity contribution >= 4 is 27.5 Å². The number of anilines is 1. The summed E-state index contributed by atoms with van der Waals surface area (Å²) in [6.45, 7) is 2.82. The van der Waals surface area contributed by atoms with Gasteiger partial charge in [0, 0.05) is 30.6 Å². The number of thioether (sulfide) groups is 1. The number of aliphatic hydroxyl groups is 1. The Balaban J connectivity index is 2.44. The number of rotatable bonds is 5. The van der Waals surface area contributed by atoms with E-state index in [4.69, 9.17) is 10.4 Å². The Morgan fingerprint density at radius 2 is 2.14 bits per heavy atom. The molecule has 1 aliphatic rings. The molecule has 1 fully saturated rings. The molecule has 0 unspecified atom stereocenters. The molecule has 0 spiro atoms. The third-order valence-electron chi connectivity index (χ3n) is 3.36. The SMILES string of the molecule is C[C@@H](CO)NS(=O)(=O)c1ccc(C#N)cc1N1CCSCC1. The first-order valence-electron chi connectivity index (χ1n) is 6.98. The lowest BCUT2D eigenvalue weighted by Crippen LogP contribution is -2.38. The molecule has 1 aliphatic heterocycles. The first-order chi connectivity index (χ1) is 10.5.